The summed E-state index contributed by atoms with van der Waals surface area (Å²) in [4.78, 5) is 3.30. The Labute approximate surface area is 151 Å². The van der Waals surface area contributed by atoms with Gasteiger partial charge in [0.1, 0.15) is 0 Å². The first-order chi connectivity index (χ1) is 12.1. The van der Waals surface area contributed by atoms with E-state index in [2.05, 4.69) is 48.2 Å². The number of aromatic nitrogens is 4. The van der Waals surface area contributed by atoms with Crippen molar-refractivity contribution < 1.29 is 0 Å². The molecule has 0 saturated carbocycles. The van der Waals surface area contributed by atoms with E-state index in [-0.39, 0.29) is 0 Å². The Morgan fingerprint density at radius 3 is 2.36 bits per heavy atom. The Hall–Kier alpha value is -2.92. The number of aryl methyl sites for hydroxylation is 1. The highest BCUT2D eigenvalue weighted by Gasteiger charge is 2.13. The van der Waals surface area contributed by atoms with Gasteiger partial charge in [-0.15, -0.1) is 0 Å². The average Bonchev–Trinajstić information content (AvgIpc) is 3.19. The summed E-state index contributed by atoms with van der Waals surface area (Å²) < 4.78 is 4.60. The van der Waals surface area contributed by atoms with Gasteiger partial charge in [0.15, 0.2) is 4.77 Å². The molecule has 124 valence electrons. The van der Waals surface area contributed by atoms with E-state index in [1.54, 1.807) is 0 Å². The Kier molecular flexibility index (Phi) is 3.86. The lowest BCUT2D eigenvalue weighted by Crippen LogP contribution is -1.98. The molecule has 0 aliphatic rings. The van der Waals surface area contributed by atoms with Gasteiger partial charge in [-0.05, 0) is 50.3 Å². The van der Waals surface area contributed by atoms with Gasteiger partial charge in [-0.1, -0.05) is 35.9 Å². The van der Waals surface area contributed by atoms with Crippen LogP contribution in [0, 0.1) is 18.6 Å². The fourth-order valence-electron chi connectivity index (χ4n) is 2.93. The van der Waals surface area contributed by atoms with Crippen molar-refractivity contribution in [3.8, 4) is 22.6 Å². The molecule has 0 amide bonds. The Morgan fingerprint density at radius 2 is 1.64 bits per heavy atom. The van der Waals surface area contributed by atoms with Crippen LogP contribution in [0.15, 0.2) is 67.0 Å². The monoisotopic (exact) mass is 346 g/mol. The number of hydrogen-bond donors (Lipinski definition) is 1. The summed E-state index contributed by atoms with van der Waals surface area (Å²) in [5.41, 5.74) is 6.39. The van der Waals surface area contributed by atoms with Gasteiger partial charge < -0.3 is 4.98 Å². The smallest absolute Gasteiger partial charge is 0.182 e. The zero-order valence-electron chi connectivity index (χ0n) is 14.1. The predicted molar refractivity (Wildman–Crippen MR) is 103 cm³/mol. The molecule has 0 unspecified atom stereocenters. The van der Waals surface area contributed by atoms with Crippen LogP contribution in [0.1, 0.15) is 11.3 Å². The molecule has 0 atom stereocenters. The van der Waals surface area contributed by atoms with E-state index in [0.717, 1.165) is 28.3 Å². The average molecular weight is 346 g/mol. The lowest BCUT2D eigenvalue weighted by Gasteiger charge is -2.04. The van der Waals surface area contributed by atoms with Crippen LogP contribution < -0.4 is 0 Å². The number of aromatic amines is 1. The van der Waals surface area contributed by atoms with Crippen molar-refractivity contribution in [1.82, 2.24) is 19.3 Å². The maximum absolute atomic E-state index is 5.51. The van der Waals surface area contributed by atoms with Gasteiger partial charge in [0, 0.05) is 17.4 Å². The maximum atomic E-state index is 5.51. The maximum Gasteiger partial charge on any atom is 0.182 e. The number of nitrogens with one attached hydrogen (secondary N) is 1. The zero-order valence-corrected chi connectivity index (χ0v) is 14.9. The lowest BCUT2D eigenvalue weighted by molar-refractivity contribution is 0.847. The molecule has 0 spiro atoms. The first kappa shape index (κ1) is 15.6. The molecule has 1 N–H and O–H groups in total. The van der Waals surface area contributed by atoms with E-state index in [9.17, 15) is 0 Å². The number of nitrogens with zero attached hydrogens (tertiary/aromatic N) is 3. The highest BCUT2D eigenvalue weighted by Crippen LogP contribution is 2.25. The molecule has 2 aromatic heterocycles. The predicted octanol–water partition coefficient (Wildman–Crippen LogP) is 5.00. The number of benzene rings is 2. The highest BCUT2D eigenvalue weighted by atomic mass is 32.1. The summed E-state index contributed by atoms with van der Waals surface area (Å²) in [6, 6.07) is 18.4. The largest absolute Gasteiger partial charge is 0.330 e. The number of para-hydroxylation sites is 1. The minimum atomic E-state index is 0.672. The van der Waals surface area contributed by atoms with Crippen LogP contribution in [0.3, 0.4) is 0 Å². The third-order valence-electron chi connectivity index (χ3n) is 4.33. The van der Waals surface area contributed by atoms with Crippen LogP contribution in [0.4, 0.5) is 0 Å². The minimum Gasteiger partial charge on any atom is -0.330 e. The van der Waals surface area contributed by atoms with Gasteiger partial charge in [-0.25, -0.2) is 4.68 Å². The Balaban J connectivity index is 1.77. The number of hydrogen-bond acceptors (Lipinski definition) is 2. The van der Waals surface area contributed by atoms with Crippen molar-refractivity contribution in [2.45, 2.75) is 13.8 Å². The van der Waals surface area contributed by atoms with Gasteiger partial charge in [0.25, 0.3) is 0 Å². The molecule has 0 aliphatic heterocycles. The molecule has 4 rings (SSSR count). The van der Waals surface area contributed by atoms with Crippen molar-refractivity contribution in [2.75, 3.05) is 0 Å². The Morgan fingerprint density at radius 1 is 0.920 bits per heavy atom. The van der Waals surface area contributed by atoms with E-state index >= 15 is 0 Å². The molecule has 2 heterocycles. The van der Waals surface area contributed by atoms with E-state index in [4.69, 9.17) is 12.2 Å². The van der Waals surface area contributed by atoms with E-state index < -0.39 is 0 Å². The SMILES string of the molecule is Cc1ccc(-n2cc(-c3cnn(-c4ccccc4)c3C)[nH]c2=S)cc1. The number of imidazole rings is 1. The van der Waals surface area contributed by atoms with Crippen LogP contribution >= 0.6 is 12.2 Å². The van der Waals surface area contributed by atoms with Crippen LogP contribution in [0.25, 0.3) is 22.6 Å². The van der Waals surface area contributed by atoms with Crippen LogP contribution in [0.2, 0.25) is 0 Å². The van der Waals surface area contributed by atoms with Gasteiger partial charge in [-0.3, -0.25) is 4.57 Å². The van der Waals surface area contributed by atoms with Crippen LogP contribution in [0.5, 0.6) is 0 Å². The molecule has 4 aromatic rings. The fraction of sp³-hybridized carbons (Fsp3) is 0.100. The quantitative estimate of drug-likeness (QED) is 0.530. The molecule has 4 nitrogen and oxygen atoms in total. The molecule has 2 aromatic carbocycles. The second-order valence-corrected chi connectivity index (χ2v) is 6.46. The van der Waals surface area contributed by atoms with Crippen molar-refractivity contribution in [1.29, 1.82) is 0 Å². The molecular formula is C20H18N4S. The summed E-state index contributed by atoms with van der Waals surface area (Å²) in [7, 11) is 0. The molecule has 0 radical (unpaired) electrons. The third kappa shape index (κ3) is 2.83. The van der Waals surface area contributed by atoms with Crippen molar-refractivity contribution >= 4 is 12.2 Å². The van der Waals surface area contributed by atoms with E-state index in [1.165, 1.54) is 5.56 Å². The molecule has 25 heavy (non-hydrogen) atoms. The number of H-pyrrole nitrogens is 1. The number of rotatable bonds is 3. The second kappa shape index (κ2) is 6.18. The first-order valence-corrected chi connectivity index (χ1v) is 8.53. The summed E-state index contributed by atoms with van der Waals surface area (Å²) in [6.45, 7) is 4.14. The topological polar surface area (TPSA) is 38.5 Å². The summed E-state index contributed by atoms with van der Waals surface area (Å²) in [5.74, 6) is 0. The molecule has 5 heteroatoms. The van der Waals surface area contributed by atoms with Crippen molar-refractivity contribution in [2.24, 2.45) is 0 Å². The standard InChI is InChI=1S/C20H18N4S/c1-14-8-10-16(11-9-14)23-13-19(22-20(23)25)18-12-21-24(15(18)2)17-6-4-3-5-7-17/h3-13H,1-2H3,(H,22,25). The van der Waals surface area contributed by atoms with Crippen LogP contribution in [-0.2, 0) is 0 Å². The van der Waals surface area contributed by atoms with Crippen LogP contribution in [-0.4, -0.2) is 19.3 Å². The molecular weight excluding hydrogens is 328 g/mol. The molecule has 0 aliphatic carbocycles. The van der Waals surface area contributed by atoms with Gasteiger partial charge in [0.05, 0.1) is 23.3 Å². The first-order valence-electron chi connectivity index (χ1n) is 8.12. The van der Waals surface area contributed by atoms with Crippen molar-refractivity contribution in [3.05, 3.63) is 83.0 Å². The van der Waals surface area contributed by atoms with Gasteiger partial charge >= 0.3 is 0 Å². The second-order valence-electron chi connectivity index (χ2n) is 6.07. The summed E-state index contributed by atoms with van der Waals surface area (Å²) in [6.07, 6.45) is 3.91. The minimum absolute atomic E-state index is 0.672. The highest BCUT2D eigenvalue weighted by molar-refractivity contribution is 7.71. The van der Waals surface area contributed by atoms with E-state index in [0.29, 0.717) is 4.77 Å². The van der Waals surface area contributed by atoms with Gasteiger partial charge in [0.2, 0.25) is 0 Å². The fourth-order valence-corrected chi connectivity index (χ4v) is 3.20. The molecule has 0 saturated heterocycles. The molecule has 0 bridgehead atoms. The lowest BCUT2D eigenvalue weighted by atomic mass is 10.2. The summed E-state index contributed by atoms with van der Waals surface area (Å²) in [5, 5.41) is 4.54. The Bertz CT molecular complexity index is 1070. The zero-order chi connectivity index (χ0) is 17.4. The van der Waals surface area contributed by atoms with E-state index in [1.807, 2.05) is 52.0 Å². The molecule has 0 fully saturated rings. The third-order valence-corrected chi connectivity index (χ3v) is 4.63. The normalized spacial score (nSPS) is 11.0. The summed E-state index contributed by atoms with van der Waals surface area (Å²) >= 11 is 5.51. The van der Waals surface area contributed by atoms with Gasteiger partial charge in [-0.2, -0.15) is 5.10 Å². The van der Waals surface area contributed by atoms with Crippen molar-refractivity contribution in [3.63, 3.8) is 0 Å².